The molecule has 1 fully saturated rings. The van der Waals surface area contributed by atoms with Crippen LogP contribution in [0.3, 0.4) is 0 Å². The monoisotopic (exact) mass is 402 g/mol. The maximum absolute atomic E-state index is 12.6. The first-order valence-corrected chi connectivity index (χ1v) is 9.90. The number of piperidine rings is 1. The van der Waals surface area contributed by atoms with Crippen LogP contribution in [0.1, 0.15) is 39.1 Å². The lowest BCUT2D eigenvalue weighted by molar-refractivity contribution is 0.0495. The van der Waals surface area contributed by atoms with Gasteiger partial charge in [0.2, 0.25) is 0 Å². The van der Waals surface area contributed by atoms with Crippen molar-refractivity contribution in [3.8, 4) is 0 Å². The Hall–Kier alpha value is -1.88. The van der Waals surface area contributed by atoms with Crippen molar-refractivity contribution in [2.24, 2.45) is 5.92 Å². The minimum absolute atomic E-state index is 0.292. The summed E-state index contributed by atoms with van der Waals surface area (Å²) in [5.41, 5.74) is 2.05. The minimum Gasteiger partial charge on any atom is -0.286 e. The number of imide groups is 1. The zero-order valence-electron chi connectivity index (χ0n) is 14.8. The first-order chi connectivity index (χ1) is 13.0. The second-order valence-electron chi connectivity index (χ2n) is 7.24. The summed E-state index contributed by atoms with van der Waals surface area (Å²) in [5.74, 6) is 0.0587. The fourth-order valence-electron chi connectivity index (χ4n) is 3.89. The number of fused-ring (bicyclic) bond motifs is 1. The van der Waals surface area contributed by atoms with Crippen molar-refractivity contribution in [1.82, 2.24) is 9.80 Å². The van der Waals surface area contributed by atoms with E-state index in [-0.39, 0.29) is 11.8 Å². The van der Waals surface area contributed by atoms with Gasteiger partial charge in [-0.2, -0.15) is 0 Å². The van der Waals surface area contributed by atoms with Crippen LogP contribution in [0.2, 0.25) is 10.0 Å². The first kappa shape index (κ1) is 18.5. The molecule has 0 saturated carbocycles. The van der Waals surface area contributed by atoms with Crippen LogP contribution >= 0.6 is 23.2 Å². The summed E-state index contributed by atoms with van der Waals surface area (Å²) < 4.78 is 0. The molecule has 1 saturated heterocycles. The van der Waals surface area contributed by atoms with Gasteiger partial charge in [-0.1, -0.05) is 53.5 Å². The molecule has 0 aromatic heterocycles. The van der Waals surface area contributed by atoms with Crippen molar-refractivity contribution >= 4 is 35.0 Å². The Labute approximate surface area is 168 Å². The van der Waals surface area contributed by atoms with E-state index in [2.05, 4.69) is 29.2 Å². The highest BCUT2D eigenvalue weighted by Gasteiger charge is 2.37. The van der Waals surface area contributed by atoms with Crippen LogP contribution in [0.25, 0.3) is 0 Å². The molecular formula is C21H20Cl2N2O2. The van der Waals surface area contributed by atoms with Crippen LogP contribution < -0.4 is 0 Å². The molecule has 2 aliphatic rings. The maximum Gasteiger partial charge on any atom is 0.262 e. The molecule has 4 nitrogen and oxygen atoms in total. The van der Waals surface area contributed by atoms with E-state index in [1.54, 1.807) is 0 Å². The molecule has 0 spiro atoms. The lowest BCUT2D eigenvalue weighted by atomic mass is 9.90. The Morgan fingerprint density at radius 1 is 0.889 bits per heavy atom. The highest BCUT2D eigenvalue weighted by Crippen LogP contribution is 2.32. The van der Waals surface area contributed by atoms with Gasteiger partial charge in [0, 0.05) is 13.1 Å². The van der Waals surface area contributed by atoms with Gasteiger partial charge in [-0.3, -0.25) is 19.4 Å². The third-order valence-corrected chi connectivity index (χ3v) is 6.15. The molecule has 0 atom stereocenters. The number of amides is 2. The van der Waals surface area contributed by atoms with Crippen molar-refractivity contribution in [3.63, 3.8) is 0 Å². The highest BCUT2D eigenvalue weighted by molar-refractivity contribution is 6.43. The Morgan fingerprint density at radius 3 is 2.00 bits per heavy atom. The van der Waals surface area contributed by atoms with E-state index in [0.717, 1.165) is 32.4 Å². The Bertz CT molecular complexity index is 836. The Balaban J connectivity index is 1.37. The van der Waals surface area contributed by atoms with Crippen molar-refractivity contribution in [2.45, 2.75) is 19.3 Å². The van der Waals surface area contributed by atoms with E-state index in [9.17, 15) is 9.59 Å². The van der Waals surface area contributed by atoms with E-state index in [0.29, 0.717) is 33.8 Å². The van der Waals surface area contributed by atoms with Gasteiger partial charge in [0.25, 0.3) is 11.8 Å². The zero-order valence-corrected chi connectivity index (χ0v) is 16.3. The molecule has 0 aliphatic carbocycles. The largest absolute Gasteiger partial charge is 0.286 e. The van der Waals surface area contributed by atoms with E-state index in [4.69, 9.17) is 23.2 Å². The second-order valence-corrected chi connectivity index (χ2v) is 8.06. The normalized spacial score (nSPS) is 18.2. The van der Waals surface area contributed by atoms with Crippen LogP contribution in [-0.2, 0) is 6.42 Å². The standard InChI is InChI=1S/C21H20Cl2N2O2/c22-18-11-16-17(12-19(18)23)21(27)25(20(16)26)13-24-8-6-15(7-9-24)10-14-4-2-1-3-5-14/h1-5,11-12,15H,6-10,13H2. The molecule has 4 rings (SSSR count). The Morgan fingerprint density at radius 2 is 1.44 bits per heavy atom. The lowest BCUT2D eigenvalue weighted by Crippen LogP contribution is -2.44. The highest BCUT2D eigenvalue weighted by atomic mass is 35.5. The van der Waals surface area contributed by atoms with Gasteiger partial charge in [0.05, 0.1) is 27.8 Å². The van der Waals surface area contributed by atoms with Crippen LogP contribution in [0, 0.1) is 5.92 Å². The predicted molar refractivity (Wildman–Crippen MR) is 106 cm³/mol. The first-order valence-electron chi connectivity index (χ1n) is 9.14. The summed E-state index contributed by atoms with van der Waals surface area (Å²) in [5, 5.41) is 0.584. The summed E-state index contributed by atoms with van der Waals surface area (Å²) in [4.78, 5) is 28.7. The molecule has 2 aromatic carbocycles. The van der Waals surface area contributed by atoms with Crippen molar-refractivity contribution < 1.29 is 9.59 Å². The molecular weight excluding hydrogens is 383 g/mol. The van der Waals surface area contributed by atoms with Crippen LogP contribution in [0.15, 0.2) is 42.5 Å². The fraction of sp³-hybridized carbons (Fsp3) is 0.333. The summed E-state index contributed by atoms with van der Waals surface area (Å²) in [6.45, 7) is 2.08. The predicted octanol–water partition coefficient (Wildman–Crippen LogP) is 4.50. The SMILES string of the molecule is O=C1c2cc(Cl)c(Cl)cc2C(=O)N1CN1CCC(Cc2ccccc2)CC1. The van der Waals surface area contributed by atoms with Gasteiger partial charge in [0.1, 0.15) is 0 Å². The summed E-state index contributed by atoms with van der Waals surface area (Å²) in [6, 6.07) is 13.5. The van der Waals surface area contributed by atoms with Gasteiger partial charge in [-0.25, -0.2) is 0 Å². The molecule has 2 amide bonds. The third kappa shape index (κ3) is 3.75. The number of likely N-dealkylation sites (tertiary alicyclic amines) is 1. The number of carbonyl (C=O) groups is 2. The van der Waals surface area contributed by atoms with Gasteiger partial charge >= 0.3 is 0 Å². The Kier molecular flexibility index (Phi) is 5.22. The molecule has 2 heterocycles. The number of benzene rings is 2. The lowest BCUT2D eigenvalue weighted by Gasteiger charge is -2.33. The van der Waals surface area contributed by atoms with Crippen LogP contribution in [0.5, 0.6) is 0 Å². The van der Waals surface area contributed by atoms with Crippen LogP contribution in [0.4, 0.5) is 0 Å². The molecule has 0 radical (unpaired) electrons. The number of rotatable bonds is 4. The van der Waals surface area contributed by atoms with Crippen molar-refractivity contribution in [1.29, 1.82) is 0 Å². The number of carbonyl (C=O) groups excluding carboxylic acids is 2. The topological polar surface area (TPSA) is 40.6 Å². The van der Waals surface area contributed by atoms with Crippen molar-refractivity contribution in [3.05, 3.63) is 69.2 Å². The zero-order chi connectivity index (χ0) is 19.0. The summed E-state index contributed by atoms with van der Waals surface area (Å²) in [6.07, 6.45) is 3.21. The quantitative estimate of drug-likeness (QED) is 0.706. The fourth-order valence-corrected chi connectivity index (χ4v) is 4.22. The molecule has 27 heavy (non-hydrogen) atoms. The number of halogens is 2. The number of hydrogen-bond acceptors (Lipinski definition) is 3. The number of hydrogen-bond donors (Lipinski definition) is 0. The second kappa shape index (κ2) is 7.63. The summed E-state index contributed by atoms with van der Waals surface area (Å²) >= 11 is 12.0. The van der Waals surface area contributed by atoms with E-state index in [1.165, 1.54) is 22.6 Å². The van der Waals surface area contributed by atoms with Gasteiger partial charge in [-0.05, 0) is 42.9 Å². The molecule has 2 aliphatic heterocycles. The van der Waals surface area contributed by atoms with Gasteiger partial charge < -0.3 is 0 Å². The molecule has 0 bridgehead atoms. The summed E-state index contributed by atoms with van der Waals surface area (Å²) in [7, 11) is 0. The molecule has 140 valence electrons. The average molecular weight is 403 g/mol. The number of nitrogens with zero attached hydrogens (tertiary/aromatic N) is 2. The van der Waals surface area contributed by atoms with Crippen molar-refractivity contribution in [2.75, 3.05) is 19.8 Å². The molecule has 6 heteroatoms. The third-order valence-electron chi connectivity index (χ3n) is 5.43. The van der Waals surface area contributed by atoms with Crippen LogP contribution in [-0.4, -0.2) is 41.4 Å². The van der Waals surface area contributed by atoms with Gasteiger partial charge in [-0.15, -0.1) is 0 Å². The minimum atomic E-state index is -0.292. The van der Waals surface area contributed by atoms with E-state index < -0.39 is 0 Å². The maximum atomic E-state index is 12.6. The smallest absolute Gasteiger partial charge is 0.262 e. The molecule has 2 aromatic rings. The van der Waals surface area contributed by atoms with E-state index in [1.807, 2.05) is 6.07 Å². The average Bonchev–Trinajstić information content (AvgIpc) is 2.89. The molecule has 0 unspecified atom stereocenters. The molecule has 0 N–H and O–H groups in total. The van der Waals surface area contributed by atoms with Gasteiger partial charge in [0.15, 0.2) is 0 Å². The van der Waals surface area contributed by atoms with E-state index >= 15 is 0 Å².